The molecule has 194 valence electrons. The average Bonchev–Trinajstić information content (AvgIpc) is 2.49. The molecule has 0 aliphatic heterocycles. The molecule has 0 aromatic heterocycles. The van der Waals surface area contributed by atoms with E-state index < -0.39 is 74.1 Å². The molecule has 0 N–H and O–H groups in total. The van der Waals surface area contributed by atoms with Crippen LogP contribution in [-0.2, 0) is 29.5 Å². The van der Waals surface area contributed by atoms with Crippen LogP contribution in [0.5, 0.6) is 0 Å². The van der Waals surface area contributed by atoms with Crippen molar-refractivity contribution in [3.8, 4) is 0 Å². The molecule has 0 aliphatic rings. The van der Waals surface area contributed by atoms with Gasteiger partial charge in [0.25, 0.3) is 32.9 Å². The van der Waals surface area contributed by atoms with Gasteiger partial charge in [0.2, 0.25) is 0 Å². The first-order valence-corrected chi connectivity index (χ1v) is 10.8. The Morgan fingerprint density at radius 1 is 0.375 bits per heavy atom. The lowest BCUT2D eigenvalue weighted by molar-refractivity contribution is -0.244. The topological polar surface area (TPSA) is 102 Å². The van der Waals surface area contributed by atoms with Crippen molar-refractivity contribution in [3.63, 3.8) is 0 Å². The van der Waals surface area contributed by atoms with E-state index in [1.165, 1.54) is 0 Å². The summed E-state index contributed by atoms with van der Waals surface area (Å²) in [5.74, 6) is 0. The summed E-state index contributed by atoms with van der Waals surface area (Å²) in [6, 6.07) is 0. The molecule has 0 spiro atoms. The fourth-order valence-corrected chi connectivity index (χ4v) is 9.25. The zero-order valence-corrected chi connectivity index (χ0v) is 16.3. The molecule has 0 fully saturated rings. The summed E-state index contributed by atoms with van der Waals surface area (Å²) in [5.41, 5.74) is 0. The summed E-state index contributed by atoms with van der Waals surface area (Å²) >= 11 is 0. The molecule has 0 saturated carbocycles. The van der Waals surface area contributed by atoms with Crippen LogP contribution in [0.4, 0.5) is 65.9 Å². The highest BCUT2D eigenvalue weighted by Gasteiger charge is 2.89. The standard InChI is InChI=1S/C8H3F15O6S3/c1-2(30(24,25)6(18,19)3(9,10)11,31(26,27)7(20,21)4(12,13)14)32(28,29)8(22,23)5(15,16)17/h1H3. The molecule has 0 amide bonds. The summed E-state index contributed by atoms with van der Waals surface area (Å²) < 4.78 is 253. The van der Waals surface area contributed by atoms with Gasteiger partial charge in [0.05, 0.1) is 0 Å². The lowest BCUT2D eigenvalue weighted by atomic mass is 10.7. The van der Waals surface area contributed by atoms with Crippen molar-refractivity contribution in [2.45, 2.75) is 44.6 Å². The van der Waals surface area contributed by atoms with Gasteiger partial charge in [-0.2, -0.15) is 65.9 Å². The van der Waals surface area contributed by atoms with Crippen molar-refractivity contribution in [2.24, 2.45) is 0 Å². The molecule has 0 radical (unpaired) electrons. The van der Waals surface area contributed by atoms with Crippen LogP contribution in [0.1, 0.15) is 6.92 Å². The van der Waals surface area contributed by atoms with E-state index >= 15 is 0 Å². The third-order valence-electron chi connectivity index (χ3n) is 3.47. The molecule has 32 heavy (non-hydrogen) atoms. The monoisotopic (exact) mass is 576 g/mol. The van der Waals surface area contributed by atoms with Crippen LogP contribution in [0.2, 0.25) is 0 Å². The SMILES string of the molecule is CC(S(=O)(=O)C(F)(F)C(F)(F)F)(S(=O)(=O)C(F)(F)C(F)(F)F)S(=O)(=O)C(F)(F)C(F)(F)F. The van der Waals surface area contributed by atoms with Crippen LogP contribution >= 0.6 is 0 Å². The van der Waals surface area contributed by atoms with Crippen molar-refractivity contribution < 1.29 is 91.1 Å². The molecule has 0 rings (SSSR count). The Morgan fingerprint density at radius 2 is 0.500 bits per heavy atom. The maximum Gasteiger partial charge on any atom is 0.469 e. The molecule has 0 atom stereocenters. The van der Waals surface area contributed by atoms with Crippen molar-refractivity contribution in [1.82, 2.24) is 0 Å². The van der Waals surface area contributed by atoms with Gasteiger partial charge in [-0.1, -0.05) is 0 Å². The molecule has 0 aliphatic carbocycles. The van der Waals surface area contributed by atoms with Crippen LogP contribution in [0.15, 0.2) is 0 Å². The van der Waals surface area contributed by atoms with Crippen LogP contribution in [0.25, 0.3) is 0 Å². The fourth-order valence-electron chi connectivity index (χ4n) is 1.59. The van der Waals surface area contributed by atoms with Gasteiger partial charge in [-0.15, -0.1) is 0 Å². The Bertz CT molecular complexity index is 922. The second kappa shape index (κ2) is 7.15. The zero-order chi connectivity index (χ0) is 27.0. The summed E-state index contributed by atoms with van der Waals surface area (Å²) in [7, 11) is -27.8. The number of halogens is 15. The predicted octanol–water partition coefficient (Wildman–Crippen LogP) is 3.37. The minimum Gasteiger partial charge on any atom is -0.219 e. The molecule has 24 heteroatoms. The van der Waals surface area contributed by atoms with Crippen LogP contribution < -0.4 is 0 Å². The van der Waals surface area contributed by atoms with Gasteiger partial charge in [-0.3, -0.25) is 0 Å². The van der Waals surface area contributed by atoms with Gasteiger partial charge >= 0.3 is 34.3 Å². The average molecular weight is 576 g/mol. The number of hydrogen-bond acceptors (Lipinski definition) is 6. The van der Waals surface area contributed by atoms with E-state index in [2.05, 4.69) is 0 Å². The Morgan fingerprint density at radius 3 is 0.594 bits per heavy atom. The third-order valence-corrected chi connectivity index (χ3v) is 13.1. The number of sulfone groups is 3. The van der Waals surface area contributed by atoms with Gasteiger partial charge in [0, 0.05) is 0 Å². The van der Waals surface area contributed by atoms with Crippen LogP contribution in [0.3, 0.4) is 0 Å². The maximum absolute atomic E-state index is 13.3. The second-order valence-corrected chi connectivity index (χ2v) is 13.2. The molecule has 0 unspecified atom stereocenters. The molecular weight excluding hydrogens is 573 g/mol. The molecular formula is C8H3F15O6S3. The highest BCUT2D eigenvalue weighted by molar-refractivity contribution is 8.26. The lowest BCUT2D eigenvalue weighted by Crippen LogP contribution is -2.68. The zero-order valence-electron chi connectivity index (χ0n) is 13.8. The third kappa shape index (κ3) is 3.50. The number of rotatable bonds is 6. The molecule has 6 nitrogen and oxygen atoms in total. The first-order chi connectivity index (χ1) is 13.2. The van der Waals surface area contributed by atoms with Crippen molar-refractivity contribution in [3.05, 3.63) is 0 Å². The van der Waals surface area contributed by atoms with Gasteiger partial charge in [-0.25, -0.2) is 25.3 Å². The van der Waals surface area contributed by atoms with E-state index in [1.807, 2.05) is 0 Å². The highest BCUT2D eigenvalue weighted by atomic mass is 32.3. The first kappa shape index (κ1) is 30.8. The Balaban J connectivity index is 8.21. The minimum atomic E-state index is -9.25. The Kier molecular flexibility index (Phi) is 6.88. The Labute approximate surface area is 166 Å². The summed E-state index contributed by atoms with van der Waals surface area (Å²) in [4.78, 5) is 0. The molecule has 0 saturated heterocycles. The summed E-state index contributed by atoms with van der Waals surface area (Å²) in [5, 5.41) is -24.2. The summed E-state index contributed by atoms with van der Waals surface area (Å²) in [6.45, 7) is -2.04. The van der Waals surface area contributed by atoms with Gasteiger partial charge in [0.1, 0.15) is 0 Å². The van der Waals surface area contributed by atoms with Crippen LogP contribution in [-0.4, -0.2) is 63.0 Å². The largest absolute Gasteiger partial charge is 0.469 e. The highest BCUT2D eigenvalue weighted by Crippen LogP contribution is 2.57. The fraction of sp³-hybridized carbons (Fsp3) is 1.00. The molecule has 0 bridgehead atoms. The first-order valence-electron chi connectivity index (χ1n) is 6.31. The predicted molar refractivity (Wildman–Crippen MR) is 68.2 cm³/mol. The minimum absolute atomic E-state index is 2.04. The van der Waals surface area contributed by atoms with Crippen LogP contribution in [0, 0.1) is 0 Å². The van der Waals surface area contributed by atoms with Gasteiger partial charge < -0.3 is 0 Å². The molecule has 0 aromatic carbocycles. The smallest absolute Gasteiger partial charge is 0.219 e. The molecule has 0 heterocycles. The summed E-state index contributed by atoms with van der Waals surface area (Å²) in [6.07, 6.45) is -23.5. The van der Waals surface area contributed by atoms with E-state index in [1.54, 1.807) is 0 Å². The lowest BCUT2D eigenvalue weighted by Gasteiger charge is -2.37. The molecule has 0 aromatic rings. The normalized spacial score (nSPS) is 16.9. The van der Waals surface area contributed by atoms with Crippen molar-refractivity contribution >= 4 is 29.5 Å². The Hall–Kier alpha value is -1.20. The van der Waals surface area contributed by atoms with E-state index in [4.69, 9.17) is 0 Å². The van der Waals surface area contributed by atoms with Gasteiger partial charge in [-0.05, 0) is 6.92 Å². The second-order valence-electron chi connectivity index (χ2n) is 5.42. The van der Waals surface area contributed by atoms with E-state index in [-0.39, 0.29) is 0 Å². The van der Waals surface area contributed by atoms with Crippen molar-refractivity contribution in [1.29, 1.82) is 0 Å². The van der Waals surface area contributed by atoms with Crippen molar-refractivity contribution in [2.75, 3.05) is 0 Å². The van der Waals surface area contributed by atoms with E-state index in [0.717, 1.165) is 0 Å². The quantitative estimate of drug-likeness (QED) is 0.450. The maximum atomic E-state index is 13.3. The van der Waals surface area contributed by atoms with Gasteiger partial charge in [0.15, 0.2) is 0 Å². The number of alkyl halides is 15. The van der Waals surface area contributed by atoms with E-state index in [0.29, 0.717) is 0 Å². The number of hydrogen-bond donors (Lipinski definition) is 0. The van der Waals surface area contributed by atoms with E-state index in [9.17, 15) is 91.1 Å².